The molecule has 0 aliphatic rings. The quantitative estimate of drug-likeness (QED) is 0.444. The molecule has 0 bridgehead atoms. The normalized spacial score (nSPS) is 12.7. The van der Waals surface area contributed by atoms with Gasteiger partial charge in [0.1, 0.15) is 17.4 Å². The molecular formula is C22H23F3N2O3S. The third kappa shape index (κ3) is 6.51. The molecule has 31 heavy (non-hydrogen) atoms. The first-order valence-electron chi connectivity index (χ1n) is 9.66. The number of aliphatic hydroxyl groups is 1. The van der Waals surface area contributed by atoms with Gasteiger partial charge in [0.05, 0.1) is 36.3 Å². The molecule has 0 saturated heterocycles. The highest BCUT2D eigenvalue weighted by atomic mass is 32.1. The molecule has 0 unspecified atom stereocenters. The number of nitrogens with two attached hydrogens (primary N) is 1. The van der Waals surface area contributed by atoms with Gasteiger partial charge >= 0.3 is 6.18 Å². The second kappa shape index (κ2) is 10.7. The summed E-state index contributed by atoms with van der Waals surface area (Å²) in [5, 5.41) is 9.57. The van der Waals surface area contributed by atoms with Gasteiger partial charge in [-0.05, 0) is 35.7 Å². The van der Waals surface area contributed by atoms with E-state index in [-0.39, 0.29) is 25.6 Å². The van der Waals surface area contributed by atoms with Gasteiger partial charge in [0.15, 0.2) is 0 Å². The minimum absolute atomic E-state index is 0.00722. The van der Waals surface area contributed by atoms with Crippen molar-refractivity contribution in [2.75, 3.05) is 26.4 Å². The van der Waals surface area contributed by atoms with Crippen LogP contribution in [-0.4, -0.2) is 36.5 Å². The minimum atomic E-state index is -4.57. The smallest absolute Gasteiger partial charge is 0.419 e. The highest BCUT2D eigenvalue weighted by molar-refractivity contribution is 7.15. The van der Waals surface area contributed by atoms with Crippen LogP contribution < -0.4 is 10.5 Å². The predicted octanol–water partition coefficient (Wildman–Crippen LogP) is 4.46. The van der Waals surface area contributed by atoms with Gasteiger partial charge in [-0.3, -0.25) is 0 Å². The lowest BCUT2D eigenvalue weighted by atomic mass is 10.1. The van der Waals surface area contributed by atoms with E-state index in [0.717, 1.165) is 29.4 Å². The number of hydrogen-bond acceptors (Lipinski definition) is 6. The summed E-state index contributed by atoms with van der Waals surface area (Å²) in [5.41, 5.74) is 6.34. The number of nitrogens with zero attached hydrogens (tertiary/aromatic N) is 1. The molecule has 1 atom stereocenters. The Balaban J connectivity index is 1.60. The molecule has 2 aromatic carbocycles. The van der Waals surface area contributed by atoms with Gasteiger partial charge in [-0.25, -0.2) is 4.98 Å². The van der Waals surface area contributed by atoms with E-state index in [1.54, 1.807) is 6.07 Å². The number of ether oxygens (including phenoxy) is 2. The van der Waals surface area contributed by atoms with Crippen LogP contribution in [0.15, 0.2) is 54.7 Å². The third-order valence-corrected chi connectivity index (χ3v) is 5.65. The zero-order valence-corrected chi connectivity index (χ0v) is 17.5. The molecule has 0 amide bonds. The largest absolute Gasteiger partial charge is 0.491 e. The highest BCUT2D eigenvalue weighted by Gasteiger charge is 2.35. The molecule has 1 heterocycles. The molecule has 5 nitrogen and oxygen atoms in total. The average molecular weight is 452 g/mol. The van der Waals surface area contributed by atoms with E-state index >= 15 is 0 Å². The summed E-state index contributed by atoms with van der Waals surface area (Å²) in [4.78, 5) is 4.61. The fourth-order valence-corrected chi connectivity index (χ4v) is 3.76. The third-order valence-electron chi connectivity index (χ3n) is 4.47. The van der Waals surface area contributed by atoms with E-state index in [2.05, 4.69) is 4.98 Å². The SMILES string of the molecule is N[C@@H](CO)c1ncc(-c2ccc(OCCOCCc3ccccc3)c(C(F)(F)F)c2)s1. The lowest BCUT2D eigenvalue weighted by Gasteiger charge is -2.15. The van der Waals surface area contributed by atoms with Crippen LogP contribution >= 0.6 is 11.3 Å². The van der Waals surface area contributed by atoms with Crippen molar-refractivity contribution in [3.05, 3.63) is 70.9 Å². The maximum atomic E-state index is 13.6. The minimum Gasteiger partial charge on any atom is -0.491 e. The summed E-state index contributed by atoms with van der Waals surface area (Å²) >= 11 is 1.14. The summed E-state index contributed by atoms with van der Waals surface area (Å²) in [6, 6.07) is 13.0. The van der Waals surface area contributed by atoms with E-state index in [1.165, 1.54) is 12.3 Å². The van der Waals surface area contributed by atoms with Crippen LogP contribution in [0, 0.1) is 0 Å². The molecule has 0 spiro atoms. The van der Waals surface area contributed by atoms with Gasteiger partial charge in [0.25, 0.3) is 0 Å². The highest BCUT2D eigenvalue weighted by Crippen LogP contribution is 2.40. The topological polar surface area (TPSA) is 77.6 Å². The number of benzene rings is 2. The van der Waals surface area contributed by atoms with Gasteiger partial charge < -0.3 is 20.3 Å². The number of halogens is 3. The van der Waals surface area contributed by atoms with Gasteiger partial charge in [0.2, 0.25) is 0 Å². The van der Waals surface area contributed by atoms with Crippen LogP contribution in [0.1, 0.15) is 22.2 Å². The van der Waals surface area contributed by atoms with Crippen LogP contribution in [-0.2, 0) is 17.3 Å². The molecule has 3 rings (SSSR count). The van der Waals surface area contributed by atoms with Crippen LogP contribution in [0.3, 0.4) is 0 Å². The fraction of sp³-hybridized carbons (Fsp3) is 0.318. The van der Waals surface area contributed by atoms with Crippen LogP contribution in [0.2, 0.25) is 0 Å². The van der Waals surface area contributed by atoms with Crippen molar-refractivity contribution in [2.45, 2.75) is 18.6 Å². The molecule has 166 valence electrons. The lowest BCUT2D eigenvalue weighted by Crippen LogP contribution is -2.13. The summed E-state index contributed by atoms with van der Waals surface area (Å²) in [6.45, 7) is 0.361. The Morgan fingerprint density at radius 3 is 2.55 bits per heavy atom. The molecule has 3 aromatic rings. The number of thiazole rings is 1. The molecule has 1 aromatic heterocycles. The number of aliphatic hydroxyl groups excluding tert-OH is 1. The summed E-state index contributed by atoms with van der Waals surface area (Å²) in [7, 11) is 0. The van der Waals surface area contributed by atoms with E-state index < -0.39 is 17.8 Å². The molecule has 9 heteroatoms. The Kier molecular flexibility index (Phi) is 8.03. The maximum Gasteiger partial charge on any atom is 0.419 e. The van der Waals surface area contributed by atoms with Crippen molar-refractivity contribution in [1.82, 2.24) is 4.98 Å². The summed E-state index contributed by atoms with van der Waals surface area (Å²) in [6.07, 6.45) is -2.40. The Labute approximate surface area is 182 Å². The Morgan fingerprint density at radius 1 is 1.06 bits per heavy atom. The van der Waals surface area contributed by atoms with Gasteiger partial charge in [-0.15, -0.1) is 11.3 Å². The van der Waals surface area contributed by atoms with Crippen molar-refractivity contribution >= 4 is 11.3 Å². The molecule has 0 aliphatic carbocycles. The van der Waals surface area contributed by atoms with Crippen LogP contribution in [0.4, 0.5) is 13.2 Å². The van der Waals surface area contributed by atoms with Crippen molar-refractivity contribution in [2.24, 2.45) is 5.73 Å². The average Bonchev–Trinajstić information content (AvgIpc) is 3.26. The second-order valence-corrected chi connectivity index (χ2v) is 7.82. The number of hydrogen-bond donors (Lipinski definition) is 2. The first-order chi connectivity index (χ1) is 14.9. The molecule has 0 radical (unpaired) electrons. The monoisotopic (exact) mass is 452 g/mol. The van der Waals surface area contributed by atoms with Gasteiger partial charge in [0, 0.05) is 6.20 Å². The lowest BCUT2D eigenvalue weighted by molar-refractivity contribution is -0.139. The summed E-state index contributed by atoms with van der Waals surface area (Å²) in [5.74, 6) is -0.250. The molecular weight excluding hydrogens is 429 g/mol. The molecule has 0 fully saturated rings. The van der Waals surface area contributed by atoms with E-state index in [0.29, 0.717) is 22.1 Å². The van der Waals surface area contributed by atoms with Crippen LogP contribution in [0.25, 0.3) is 10.4 Å². The first kappa shape index (κ1) is 23.2. The van der Waals surface area contributed by atoms with Gasteiger partial charge in [-0.1, -0.05) is 30.3 Å². The Morgan fingerprint density at radius 2 is 1.84 bits per heavy atom. The van der Waals surface area contributed by atoms with E-state index in [1.807, 2.05) is 30.3 Å². The van der Waals surface area contributed by atoms with Crippen molar-refractivity contribution < 1.29 is 27.8 Å². The number of aromatic nitrogens is 1. The fourth-order valence-electron chi connectivity index (χ4n) is 2.85. The van der Waals surface area contributed by atoms with Crippen molar-refractivity contribution in [3.63, 3.8) is 0 Å². The van der Waals surface area contributed by atoms with Crippen molar-refractivity contribution in [3.8, 4) is 16.2 Å². The first-order valence-corrected chi connectivity index (χ1v) is 10.5. The molecule has 3 N–H and O–H groups in total. The maximum absolute atomic E-state index is 13.6. The van der Waals surface area contributed by atoms with E-state index in [4.69, 9.17) is 20.3 Å². The standard InChI is InChI=1S/C22H23F3N2O3S/c23-22(24,25)17-12-16(20-13-27-21(31-20)18(26)14-28)6-7-19(17)30-11-10-29-9-8-15-4-2-1-3-5-15/h1-7,12-13,18,28H,8-11,14,26H2/t18-/m0/s1. The predicted molar refractivity (Wildman–Crippen MR) is 113 cm³/mol. The zero-order chi connectivity index (χ0) is 22.3. The summed E-state index contributed by atoms with van der Waals surface area (Å²) < 4.78 is 51.5. The second-order valence-electron chi connectivity index (χ2n) is 6.76. The Hall–Kier alpha value is -2.46. The molecule has 0 saturated carbocycles. The Bertz CT molecular complexity index is 964. The molecule has 0 aliphatic heterocycles. The van der Waals surface area contributed by atoms with Crippen LogP contribution in [0.5, 0.6) is 5.75 Å². The zero-order valence-electron chi connectivity index (χ0n) is 16.6. The number of rotatable bonds is 10. The number of alkyl halides is 3. The van der Waals surface area contributed by atoms with E-state index in [9.17, 15) is 13.2 Å². The van der Waals surface area contributed by atoms with Gasteiger partial charge in [-0.2, -0.15) is 13.2 Å². The van der Waals surface area contributed by atoms with Crippen molar-refractivity contribution in [1.29, 1.82) is 0 Å².